The second-order valence-corrected chi connectivity index (χ2v) is 13.8. The van der Waals surface area contributed by atoms with Gasteiger partial charge in [-0.1, -0.05) is 18.2 Å². The van der Waals surface area contributed by atoms with Crippen molar-refractivity contribution < 1.29 is 28.6 Å². The van der Waals surface area contributed by atoms with Gasteiger partial charge < -0.3 is 30.2 Å². The van der Waals surface area contributed by atoms with E-state index in [1.807, 2.05) is 55.4 Å². The van der Waals surface area contributed by atoms with Gasteiger partial charge in [-0.2, -0.15) is 4.99 Å². The summed E-state index contributed by atoms with van der Waals surface area (Å²) in [6.07, 6.45) is 2.31. The first-order valence-electron chi connectivity index (χ1n) is 16.1. The first kappa shape index (κ1) is 36.6. The van der Waals surface area contributed by atoms with E-state index in [1.165, 1.54) is 10.8 Å². The standard InChI is InChI=1S/C37H46N6O6/c1-36(2,3)48-34(45)41-32(38)29-23-43(35(46)49-37(4,5)6)30-15-9-24(21-28(29)30)17-18-39-33(44)26-12-10-25(11-13-26)27-14-16-31(40-22-27)47-20-19-42(7)8/h9-16,21-23H,17-20H2,1-8H3,(H,39,44)(H2,38,41,45). The largest absolute Gasteiger partial charge is 0.476 e. The maximum atomic E-state index is 13.1. The lowest BCUT2D eigenvalue weighted by atomic mass is 10.0. The molecule has 2 heterocycles. The smallest absolute Gasteiger partial charge is 0.436 e. The molecule has 12 heteroatoms. The Morgan fingerprint density at radius 2 is 1.59 bits per heavy atom. The minimum Gasteiger partial charge on any atom is -0.476 e. The Morgan fingerprint density at radius 3 is 2.20 bits per heavy atom. The molecule has 0 aliphatic heterocycles. The van der Waals surface area contributed by atoms with Gasteiger partial charge in [-0.05, 0) is 104 Å². The summed E-state index contributed by atoms with van der Waals surface area (Å²) in [5, 5.41) is 3.56. The minimum absolute atomic E-state index is 0.101. The quantitative estimate of drug-likeness (QED) is 0.152. The number of likely N-dealkylation sites (N-methyl/N-ethyl adjacent to an activating group) is 1. The van der Waals surface area contributed by atoms with Crippen molar-refractivity contribution in [1.82, 2.24) is 19.8 Å². The van der Waals surface area contributed by atoms with Gasteiger partial charge in [-0.15, -0.1) is 0 Å². The van der Waals surface area contributed by atoms with Crippen molar-refractivity contribution in [3.05, 3.63) is 83.7 Å². The Hall–Kier alpha value is -5.23. The normalized spacial score (nSPS) is 12.2. The number of nitrogens with one attached hydrogen (secondary N) is 1. The molecule has 12 nitrogen and oxygen atoms in total. The molecule has 0 aliphatic carbocycles. The van der Waals surface area contributed by atoms with E-state index in [9.17, 15) is 14.4 Å². The number of benzene rings is 2. The van der Waals surface area contributed by atoms with Crippen LogP contribution >= 0.6 is 0 Å². The lowest BCUT2D eigenvalue weighted by Crippen LogP contribution is -2.27. The van der Waals surface area contributed by atoms with Crippen LogP contribution < -0.4 is 15.8 Å². The molecular weight excluding hydrogens is 624 g/mol. The van der Waals surface area contributed by atoms with Crippen LogP contribution in [0, 0.1) is 0 Å². The second-order valence-electron chi connectivity index (χ2n) is 13.8. The number of rotatable bonds is 10. The molecule has 0 saturated carbocycles. The van der Waals surface area contributed by atoms with Crippen LogP contribution in [0.3, 0.4) is 0 Å². The summed E-state index contributed by atoms with van der Waals surface area (Å²) < 4.78 is 17.9. The zero-order valence-corrected chi connectivity index (χ0v) is 29.5. The van der Waals surface area contributed by atoms with E-state index in [1.54, 1.807) is 65.9 Å². The third-order valence-corrected chi connectivity index (χ3v) is 7.04. The highest BCUT2D eigenvalue weighted by Gasteiger charge is 2.23. The average Bonchev–Trinajstić information content (AvgIpc) is 3.39. The van der Waals surface area contributed by atoms with E-state index in [0.29, 0.717) is 47.5 Å². The van der Waals surface area contributed by atoms with Crippen LogP contribution in [0.4, 0.5) is 9.59 Å². The Morgan fingerprint density at radius 1 is 0.918 bits per heavy atom. The minimum atomic E-state index is -0.842. The van der Waals surface area contributed by atoms with Crippen molar-refractivity contribution in [2.24, 2.45) is 10.7 Å². The zero-order chi connectivity index (χ0) is 35.9. The molecule has 0 spiro atoms. The number of nitrogens with zero attached hydrogens (tertiary/aromatic N) is 4. The van der Waals surface area contributed by atoms with Crippen molar-refractivity contribution in [2.75, 3.05) is 33.8 Å². The number of nitrogens with two attached hydrogens (primary N) is 1. The summed E-state index contributed by atoms with van der Waals surface area (Å²) in [6.45, 7) is 12.2. The molecule has 0 aliphatic rings. The van der Waals surface area contributed by atoms with E-state index in [2.05, 4.69) is 15.3 Å². The number of hydrogen-bond acceptors (Lipinski definition) is 8. The SMILES string of the molecule is CN(C)CCOc1ccc(-c2ccc(C(=O)NCCc3ccc4c(c3)c(C(N)=NC(=O)OC(C)(C)C)cn4C(=O)OC(C)(C)C)cc2)cn1. The summed E-state index contributed by atoms with van der Waals surface area (Å²) in [6, 6.07) is 16.6. The number of aliphatic imine (C=N–C) groups is 1. The number of carbonyl (C=O) groups is 3. The molecule has 4 rings (SSSR count). The summed E-state index contributed by atoms with van der Waals surface area (Å²) >= 11 is 0. The van der Waals surface area contributed by atoms with Crippen LogP contribution in [0.15, 0.2) is 72.0 Å². The molecule has 0 bridgehead atoms. The highest BCUT2D eigenvalue weighted by molar-refractivity contribution is 6.13. The van der Waals surface area contributed by atoms with Crippen LogP contribution in [-0.2, 0) is 15.9 Å². The summed E-state index contributed by atoms with van der Waals surface area (Å²) in [5.41, 5.74) is 8.94. The topological polar surface area (TPSA) is 150 Å². The summed E-state index contributed by atoms with van der Waals surface area (Å²) in [7, 11) is 3.97. The maximum absolute atomic E-state index is 13.1. The van der Waals surface area contributed by atoms with Crippen LogP contribution in [-0.4, -0.2) is 83.4 Å². The first-order valence-corrected chi connectivity index (χ1v) is 16.1. The Bertz CT molecular complexity index is 1810. The number of hydrogen-bond donors (Lipinski definition) is 2. The number of carbonyl (C=O) groups excluding carboxylic acids is 3. The monoisotopic (exact) mass is 670 g/mol. The number of pyridine rings is 1. The molecular formula is C37H46N6O6. The van der Waals surface area contributed by atoms with Crippen molar-refractivity contribution in [1.29, 1.82) is 0 Å². The van der Waals surface area contributed by atoms with Crippen molar-refractivity contribution >= 4 is 34.8 Å². The van der Waals surface area contributed by atoms with Crippen molar-refractivity contribution in [2.45, 2.75) is 59.2 Å². The van der Waals surface area contributed by atoms with E-state index >= 15 is 0 Å². The van der Waals surface area contributed by atoms with Gasteiger partial charge >= 0.3 is 12.2 Å². The third-order valence-electron chi connectivity index (χ3n) is 7.04. The summed E-state index contributed by atoms with van der Waals surface area (Å²) in [5.74, 6) is 0.256. The van der Waals surface area contributed by atoms with Crippen molar-refractivity contribution in [3.63, 3.8) is 0 Å². The van der Waals surface area contributed by atoms with E-state index < -0.39 is 23.4 Å². The van der Waals surface area contributed by atoms with Crippen molar-refractivity contribution in [3.8, 4) is 17.0 Å². The summed E-state index contributed by atoms with van der Waals surface area (Å²) in [4.78, 5) is 48.8. The molecule has 0 unspecified atom stereocenters. The Balaban J connectivity index is 1.45. The van der Waals surface area contributed by atoms with Crippen LogP contribution in [0.2, 0.25) is 0 Å². The fourth-order valence-corrected chi connectivity index (χ4v) is 4.75. The molecule has 4 aromatic rings. The molecule has 2 aromatic carbocycles. The van der Waals surface area contributed by atoms with Gasteiger partial charge in [0.2, 0.25) is 5.88 Å². The number of fused-ring (bicyclic) bond motifs is 1. The number of amides is 2. The predicted molar refractivity (Wildman–Crippen MR) is 190 cm³/mol. The fourth-order valence-electron chi connectivity index (χ4n) is 4.75. The third kappa shape index (κ3) is 10.6. The lowest BCUT2D eigenvalue weighted by Gasteiger charge is -2.19. The number of aromatic nitrogens is 2. The Kier molecular flexibility index (Phi) is 11.5. The second kappa shape index (κ2) is 15.3. The average molecular weight is 671 g/mol. The highest BCUT2D eigenvalue weighted by atomic mass is 16.6. The predicted octanol–water partition coefficient (Wildman–Crippen LogP) is 6.04. The van der Waals surface area contributed by atoms with Gasteiger partial charge in [0.25, 0.3) is 5.91 Å². The molecule has 0 saturated heterocycles. The fraction of sp³-hybridized carbons (Fsp3) is 0.378. The molecule has 2 amide bonds. The van der Waals surface area contributed by atoms with Gasteiger partial charge in [-0.25, -0.2) is 14.6 Å². The van der Waals surface area contributed by atoms with E-state index in [-0.39, 0.29) is 11.7 Å². The molecule has 49 heavy (non-hydrogen) atoms. The number of amidine groups is 1. The van der Waals surface area contributed by atoms with Gasteiger partial charge in [0.15, 0.2) is 0 Å². The molecule has 2 aromatic heterocycles. The Labute approximate surface area is 287 Å². The van der Waals surface area contributed by atoms with Gasteiger partial charge in [0.1, 0.15) is 23.6 Å². The molecule has 0 radical (unpaired) electrons. The van der Waals surface area contributed by atoms with Gasteiger partial charge in [0, 0.05) is 53.6 Å². The van der Waals surface area contributed by atoms with Crippen LogP contribution in [0.1, 0.15) is 63.0 Å². The van der Waals surface area contributed by atoms with Gasteiger partial charge in [-0.3, -0.25) is 9.36 Å². The molecule has 0 atom stereocenters. The van der Waals surface area contributed by atoms with E-state index in [4.69, 9.17) is 19.9 Å². The van der Waals surface area contributed by atoms with Crippen LogP contribution in [0.25, 0.3) is 22.0 Å². The van der Waals surface area contributed by atoms with Crippen LogP contribution in [0.5, 0.6) is 5.88 Å². The number of ether oxygens (including phenoxy) is 3. The van der Waals surface area contributed by atoms with Gasteiger partial charge in [0.05, 0.1) is 5.52 Å². The highest BCUT2D eigenvalue weighted by Crippen LogP contribution is 2.25. The molecule has 0 fully saturated rings. The maximum Gasteiger partial charge on any atom is 0.436 e. The lowest BCUT2D eigenvalue weighted by molar-refractivity contribution is 0.0542. The molecule has 260 valence electrons. The van der Waals surface area contributed by atoms with E-state index in [0.717, 1.165) is 23.2 Å². The first-order chi connectivity index (χ1) is 23.0. The zero-order valence-electron chi connectivity index (χ0n) is 29.5. The molecule has 3 N–H and O–H groups in total.